The number of anilines is 3. The highest BCUT2D eigenvalue weighted by Crippen LogP contribution is 2.28. The van der Waals surface area contributed by atoms with Crippen molar-refractivity contribution in [2.45, 2.75) is 19.1 Å². The molecule has 2 aromatic rings. The second-order valence-corrected chi connectivity index (χ2v) is 5.52. The first-order valence-electron chi connectivity index (χ1n) is 7.06. The Morgan fingerprint density at radius 1 is 1.36 bits per heavy atom. The van der Waals surface area contributed by atoms with Crippen LogP contribution in [-0.4, -0.2) is 35.0 Å². The molecule has 3 rings (SSSR count). The normalized spacial score (nSPS) is 17.5. The average Bonchev–Trinajstić information content (AvgIpc) is 3.05. The number of benzene rings is 1. The number of halogens is 1. The van der Waals surface area contributed by atoms with Gasteiger partial charge in [-0.1, -0.05) is 11.6 Å². The molecule has 22 heavy (non-hydrogen) atoms. The maximum Gasteiger partial charge on any atom is 0.229 e. The van der Waals surface area contributed by atoms with Crippen LogP contribution in [0.5, 0.6) is 5.75 Å². The molecule has 0 aliphatic carbocycles. The van der Waals surface area contributed by atoms with Crippen LogP contribution in [0.25, 0.3) is 0 Å². The van der Waals surface area contributed by atoms with Crippen LogP contribution in [0, 0.1) is 0 Å². The third-order valence-corrected chi connectivity index (χ3v) is 3.79. The predicted octanol–water partition coefficient (Wildman–Crippen LogP) is 3.15. The number of hydrogen-bond acceptors (Lipinski definition) is 6. The van der Waals surface area contributed by atoms with Crippen molar-refractivity contribution in [1.29, 1.82) is 0 Å². The van der Waals surface area contributed by atoms with Crippen molar-refractivity contribution < 1.29 is 9.84 Å². The zero-order valence-electron chi connectivity index (χ0n) is 12.2. The topological polar surface area (TPSA) is 70.5 Å². The van der Waals surface area contributed by atoms with E-state index >= 15 is 0 Å². The van der Waals surface area contributed by atoms with E-state index in [1.54, 1.807) is 30.5 Å². The quantitative estimate of drug-likeness (QED) is 0.843. The molecule has 1 aromatic carbocycles. The van der Waals surface area contributed by atoms with Crippen molar-refractivity contribution in [1.82, 2.24) is 9.97 Å². The molecule has 0 bridgehead atoms. The number of phenols is 1. The molecular formula is C15H17ClN4O2. The highest BCUT2D eigenvalue weighted by Gasteiger charge is 2.23. The maximum atomic E-state index is 9.30. The van der Waals surface area contributed by atoms with Crippen LogP contribution in [0.15, 0.2) is 30.5 Å². The van der Waals surface area contributed by atoms with Crippen molar-refractivity contribution in [3.05, 3.63) is 35.5 Å². The van der Waals surface area contributed by atoms with Crippen LogP contribution >= 0.6 is 11.6 Å². The summed E-state index contributed by atoms with van der Waals surface area (Å²) < 4.78 is 5.65. The van der Waals surface area contributed by atoms with E-state index in [-0.39, 0.29) is 12.0 Å². The molecule has 0 saturated carbocycles. The molecule has 1 unspecified atom stereocenters. The lowest BCUT2D eigenvalue weighted by atomic mass is 10.3. The van der Waals surface area contributed by atoms with E-state index in [4.69, 9.17) is 16.3 Å². The lowest BCUT2D eigenvalue weighted by Gasteiger charge is -2.25. The van der Waals surface area contributed by atoms with Gasteiger partial charge in [0.15, 0.2) is 5.82 Å². The number of phenolic OH excluding ortho intramolecular Hbond substituents is 1. The summed E-state index contributed by atoms with van der Waals surface area (Å²) in [5.41, 5.74) is 0.783. The van der Waals surface area contributed by atoms with Gasteiger partial charge < -0.3 is 20.1 Å². The monoisotopic (exact) mass is 320 g/mol. The third-order valence-electron chi connectivity index (χ3n) is 3.52. The molecule has 0 amide bonds. The largest absolute Gasteiger partial charge is 0.508 e. The minimum absolute atomic E-state index is 0.00563. The van der Waals surface area contributed by atoms with Crippen molar-refractivity contribution in [2.75, 3.05) is 23.9 Å². The number of aromatic hydroxyl groups is 1. The van der Waals surface area contributed by atoms with E-state index in [2.05, 4.69) is 15.3 Å². The van der Waals surface area contributed by atoms with Gasteiger partial charge in [-0.15, -0.1) is 0 Å². The van der Waals surface area contributed by atoms with Crippen LogP contribution in [0.3, 0.4) is 0 Å². The number of nitrogens with one attached hydrogen (secondary N) is 1. The Morgan fingerprint density at radius 2 is 2.14 bits per heavy atom. The van der Waals surface area contributed by atoms with E-state index in [1.165, 1.54) is 0 Å². The molecule has 7 heteroatoms. The van der Waals surface area contributed by atoms with Crippen molar-refractivity contribution in [3.8, 4) is 5.75 Å². The maximum absolute atomic E-state index is 9.30. The first-order valence-corrected chi connectivity index (χ1v) is 7.44. The molecule has 116 valence electrons. The molecule has 0 spiro atoms. The molecular weight excluding hydrogens is 304 g/mol. The Bertz CT molecular complexity index is 644. The molecule has 1 fully saturated rings. The number of nitrogens with zero attached hydrogens (tertiary/aromatic N) is 3. The van der Waals surface area contributed by atoms with Gasteiger partial charge in [0.1, 0.15) is 17.0 Å². The Morgan fingerprint density at radius 3 is 2.82 bits per heavy atom. The summed E-state index contributed by atoms with van der Waals surface area (Å²) in [5, 5.41) is 12.9. The summed E-state index contributed by atoms with van der Waals surface area (Å²) in [4.78, 5) is 10.6. The van der Waals surface area contributed by atoms with Gasteiger partial charge in [-0.2, -0.15) is 4.98 Å². The molecule has 0 radical (unpaired) electrons. The number of rotatable bonds is 4. The number of aromatic nitrogens is 2. The molecule has 2 N–H and O–H groups in total. The van der Waals surface area contributed by atoms with E-state index in [0.717, 1.165) is 25.1 Å². The summed E-state index contributed by atoms with van der Waals surface area (Å²) in [6.45, 7) is 0.760. The standard InChI is InChI=1S/C15H17ClN4O2/c1-20(13-3-2-8-22-13)14-12(16)9-17-15(19-14)18-10-4-6-11(21)7-5-10/h4-7,9,13,21H,2-3,8H2,1H3,(H,17,18,19). The van der Waals surface area contributed by atoms with E-state index < -0.39 is 0 Å². The zero-order chi connectivity index (χ0) is 15.5. The fraction of sp³-hybridized carbons (Fsp3) is 0.333. The fourth-order valence-electron chi connectivity index (χ4n) is 2.34. The second-order valence-electron chi connectivity index (χ2n) is 5.12. The number of ether oxygens (including phenoxy) is 1. The molecule has 1 aliphatic rings. The van der Waals surface area contributed by atoms with E-state index in [0.29, 0.717) is 16.8 Å². The average molecular weight is 321 g/mol. The van der Waals surface area contributed by atoms with E-state index in [1.807, 2.05) is 11.9 Å². The lowest BCUT2D eigenvalue weighted by Crippen LogP contribution is -2.31. The van der Waals surface area contributed by atoms with Gasteiger partial charge in [-0.05, 0) is 37.1 Å². The Balaban J connectivity index is 1.81. The van der Waals surface area contributed by atoms with Crippen molar-refractivity contribution >= 4 is 29.1 Å². The van der Waals surface area contributed by atoms with Gasteiger partial charge in [-0.25, -0.2) is 4.98 Å². The highest BCUT2D eigenvalue weighted by atomic mass is 35.5. The van der Waals surface area contributed by atoms with Crippen molar-refractivity contribution in [2.24, 2.45) is 0 Å². The van der Waals surface area contributed by atoms with Crippen LogP contribution in [0.4, 0.5) is 17.5 Å². The van der Waals surface area contributed by atoms with Gasteiger partial charge in [0.2, 0.25) is 5.95 Å². The summed E-state index contributed by atoms with van der Waals surface area (Å²) in [6, 6.07) is 6.68. The van der Waals surface area contributed by atoms with Gasteiger partial charge in [0, 0.05) is 19.3 Å². The molecule has 6 nitrogen and oxygen atoms in total. The van der Waals surface area contributed by atoms with Gasteiger partial charge in [0.05, 0.1) is 6.20 Å². The molecule has 1 aliphatic heterocycles. The van der Waals surface area contributed by atoms with Crippen molar-refractivity contribution in [3.63, 3.8) is 0 Å². The van der Waals surface area contributed by atoms with Crippen LogP contribution in [-0.2, 0) is 4.74 Å². The van der Waals surface area contributed by atoms with Gasteiger partial charge in [-0.3, -0.25) is 0 Å². The van der Waals surface area contributed by atoms with Gasteiger partial charge in [0.25, 0.3) is 0 Å². The molecule has 1 atom stereocenters. The number of hydrogen-bond donors (Lipinski definition) is 2. The van der Waals surface area contributed by atoms with Crippen LogP contribution in [0.2, 0.25) is 5.02 Å². The third kappa shape index (κ3) is 3.23. The smallest absolute Gasteiger partial charge is 0.229 e. The first kappa shape index (κ1) is 14.9. The summed E-state index contributed by atoms with van der Waals surface area (Å²) in [6.07, 6.45) is 3.56. The summed E-state index contributed by atoms with van der Waals surface area (Å²) in [5.74, 6) is 1.28. The zero-order valence-corrected chi connectivity index (χ0v) is 12.9. The first-order chi connectivity index (χ1) is 10.6. The molecule has 1 aromatic heterocycles. The lowest BCUT2D eigenvalue weighted by molar-refractivity contribution is 0.111. The second kappa shape index (κ2) is 6.37. The molecule has 1 saturated heterocycles. The minimum atomic E-state index is -0.00563. The Hall–Kier alpha value is -2.05. The van der Waals surface area contributed by atoms with Crippen LogP contribution in [0.1, 0.15) is 12.8 Å². The van der Waals surface area contributed by atoms with Crippen LogP contribution < -0.4 is 10.2 Å². The minimum Gasteiger partial charge on any atom is -0.508 e. The Labute approximate surface area is 133 Å². The van der Waals surface area contributed by atoms with Gasteiger partial charge >= 0.3 is 0 Å². The Kier molecular flexibility index (Phi) is 4.31. The predicted molar refractivity (Wildman–Crippen MR) is 85.8 cm³/mol. The molecule has 2 heterocycles. The fourth-order valence-corrected chi connectivity index (χ4v) is 2.57. The summed E-state index contributed by atoms with van der Waals surface area (Å²) >= 11 is 6.21. The highest BCUT2D eigenvalue weighted by molar-refractivity contribution is 6.32. The van der Waals surface area contributed by atoms with E-state index in [9.17, 15) is 5.11 Å². The summed E-state index contributed by atoms with van der Waals surface area (Å²) in [7, 11) is 1.91. The SMILES string of the molecule is CN(c1nc(Nc2ccc(O)cc2)ncc1Cl)C1CCCO1.